The van der Waals surface area contributed by atoms with Crippen LogP contribution in [0.1, 0.15) is 12.0 Å². The van der Waals surface area contributed by atoms with Gasteiger partial charge < -0.3 is 15.2 Å². The first-order chi connectivity index (χ1) is 13.5. The summed E-state index contributed by atoms with van der Waals surface area (Å²) < 4.78 is 38.0. The maximum Gasteiger partial charge on any atom is 0.410 e. The minimum absolute atomic E-state index is 0.00114. The van der Waals surface area contributed by atoms with E-state index in [0.29, 0.717) is 5.56 Å². The number of carbonyl (C=O) groups is 2. The fourth-order valence-corrected chi connectivity index (χ4v) is 3.68. The van der Waals surface area contributed by atoms with Crippen molar-refractivity contribution in [2.45, 2.75) is 31.3 Å². The smallest absolute Gasteiger partial charge is 0.410 e. The second-order valence-electron chi connectivity index (χ2n) is 6.41. The third kappa shape index (κ3) is 6.10. The minimum atomic E-state index is -3.79. The lowest BCUT2D eigenvalue weighted by molar-refractivity contribution is -0.384. The van der Waals surface area contributed by atoms with Crippen LogP contribution in [0.25, 0.3) is 0 Å². The first-order valence-corrected chi connectivity index (χ1v) is 10.2. The Balaban J connectivity index is 2.10. The van der Waals surface area contributed by atoms with E-state index >= 15 is 0 Å². The molecule has 2 rings (SSSR count). The maximum atomic E-state index is 12.5. The van der Waals surface area contributed by atoms with Crippen molar-refractivity contribution in [3.63, 3.8) is 0 Å². The van der Waals surface area contributed by atoms with Crippen molar-refractivity contribution in [1.82, 2.24) is 4.90 Å². The third-order valence-corrected chi connectivity index (χ3v) is 4.87. The Bertz CT molecular complexity index is 872. The standard InChI is InChI=1S/C16H21N3O9S/c1-26-14(15(17)20)13-7-12(28-29(2,24)25)8-18(13)16(21)27-9-10-3-5-11(6-4-10)19(22)23/h3-6,12-14H,7-9H2,1-2H3,(H2,17,20)/t12-,13+,14?/m1/s1. The van der Waals surface area contributed by atoms with E-state index in [0.717, 1.165) is 11.2 Å². The molecular formula is C16H21N3O9S. The van der Waals surface area contributed by atoms with Crippen LogP contribution >= 0.6 is 0 Å². The van der Waals surface area contributed by atoms with Crippen molar-refractivity contribution >= 4 is 27.8 Å². The largest absolute Gasteiger partial charge is 0.445 e. The van der Waals surface area contributed by atoms with Gasteiger partial charge in [0.05, 0.1) is 29.9 Å². The number of hydrogen-bond acceptors (Lipinski definition) is 9. The number of hydrogen-bond donors (Lipinski definition) is 1. The Morgan fingerprint density at radius 3 is 2.45 bits per heavy atom. The van der Waals surface area contributed by atoms with Gasteiger partial charge in [-0.1, -0.05) is 0 Å². The van der Waals surface area contributed by atoms with Gasteiger partial charge in [-0.15, -0.1) is 0 Å². The van der Waals surface area contributed by atoms with Gasteiger partial charge in [0.2, 0.25) is 5.91 Å². The molecule has 2 N–H and O–H groups in total. The van der Waals surface area contributed by atoms with Crippen LogP contribution in [0.5, 0.6) is 0 Å². The van der Waals surface area contributed by atoms with Crippen LogP contribution in [-0.4, -0.2) is 68.4 Å². The molecule has 0 aliphatic carbocycles. The molecule has 0 bridgehead atoms. The van der Waals surface area contributed by atoms with Crippen LogP contribution in [-0.2, 0) is 35.2 Å². The molecule has 1 saturated heterocycles. The summed E-state index contributed by atoms with van der Waals surface area (Å²) in [5.41, 5.74) is 5.70. The number of carbonyl (C=O) groups excluding carboxylic acids is 2. The highest BCUT2D eigenvalue weighted by molar-refractivity contribution is 7.86. The summed E-state index contributed by atoms with van der Waals surface area (Å²) in [7, 11) is -2.55. The highest BCUT2D eigenvalue weighted by Gasteiger charge is 2.44. The summed E-state index contributed by atoms with van der Waals surface area (Å²) in [6.07, 6.45) is -2.04. The predicted molar refractivity (Wildman–Crippen MR) is 98.1 cm³/mol. The van der Waals surface area contributed by atoms with Crippen LogP contribution in [0.2, 0.25) is 0 Å². The van der Waals surface area contributed by atoms with E-state index in [1.807, 2.05) is 0 Å². The van der Waals surface area contributed by atoms with Gasteiger partial charge in [0.25, 0.3) is 15.8 Å². The van der Waals surface area contributed by atoms with Crippen LogP contribution in [0.15, 0.2) is 24.3 Å². The second-order valence-corrected chi connectivity index (χ2v) is 8.02. The Morgan fingerprint density at radius 2 is 1.97 bits per heavy atom. The molecular weight excluding hydrogens is 410 g/mol. The van der Waals surface area contributed by atoms with E-state index in [-0.39, 0.29) is 25.3 Å². The number of amides is 2. The first kappa shape index (κ1) is 22.5. The number of rotatable bonds is 8. The molecule has 12 nitrogen and oxygen atoms in total. The van der Waals surface area contributed by atoms with Gasteiger partial charge in [0.1, 0.15) is 6.61 Å². The van der Waals surface area contributed by atoms with Gasteiger partial charge in [-0.05, 0) is 17.7 Å². The lowest BCUT2D eigenvalue weighted by Crippen LogP contribution is -2.49. The normalized spacial score (nSPS) is 20.3. The molecule has 1 heterocycles. The van der Waals surface area contributed by atoms with Gasteiger partial charge in [-0.3, -0.25) is 24.0 Å². The third-order valence-electron chi connectivity index (χ3n) is 4.24. The number of nitro groups is 1. The molecule has 160 valence electrons. The highest BCUT2D eigenvalue weighted by Crippen LogP contribution is 2.26. The molecule has 29 heavy (non-hydrogen) atoms. The van der Waals surface area contributed by atoms with E-state index < -0.39 is 45.3 Å². The van der Waals surface area contributed by atoms with Crippen molar-refractivity contribution in [3.8, 4) is 0 Å². The fourth-order valence-electron chi connectivity index (χ4n) is 3.04. The van der Waals surface area contributed by atoms with Gasteiger partial charge in [0.15, 0.2) is 6.10 Å². The molecule has 0 saturated carbocycles. The summed E-state index contributed by atoms with van der Waals surface area (Å²) >= 11 is 0. The molecule has 1 aromatic carbocycles. The van der Waals surface area contributed by atoms with Crippen molar-refractivity contribution in [2.75, 3.05) is 19.9 Å². The minimum Gasteiger partial charge on any atom is -0.445 e. The number of methoxy groups -OCH3 is 1. The zero-order chi connectivity index (χ0) is 21.8. The molecule has 0 radical (unpaired) electrons. The topological polar surface area (TPSA) is 168 Å². The van der Waals surface area contributed by atoms with Crippen molar-refractivity contribution < 1.29 is 36.6 Å². The predicted octanol–water partition coefficient (Wildman–Crippen LogP) is 0.151. The number of ether oxygens (including phenoxy) is 2. The molecule has 1 aromatic rings. The van der Waals surface area contributed by atoms with E-state index in [1.165, 1.54) is 31.4 Å². The summed E-state index contributed by atoms with van der Waals surface area (Å²) in [5.74, 6) is -0.828. The average Bonchev–Trinajstić information content (AvgIpc) is 3.01. The SMILES string of the molecule is COC(C(N)=O)[C@@H]1C[C@@H](OS(C)(=O)=O)CN1C(=O)OCc1ccc([N+](=O)[O-])cc1. The Kier molecular flexibility index (Phi) is 7.11. The van der Waals surface area contributed by atoms with E-state index in [2.05, 4.69) is 0 Å². The number of nitrogens with zero attached hydrogens (tertiary/aromatic N) is 2. The van der Waals surface area contributed by atoms with Crippen molar-refractivity contribution in [2.24, 2.45) is 5.73 Å². The Hall–Kier alpha value is -2.77. The summed E-state index contributed by atoms with van der Waals surface area (Å²) in [4.78, 5) is 35.4. The molecule has 2 amide bonds. The Morgan fingerprint density at radius 1 is 1.34 bits per heavy atom. The molecule has 1 fully saturated rings. The summed E-state index contributed by atoms with van der Waals surface area (Å²) in [6, 6.07) is 4.53. The second kappa shape index (κ2) is 9.15. The van der Waals surface area contributed by atoms with E-state index in [4.69, 9.17) is 19.4 Å². The number of benzene rings is 1. The molecule has 1 aliphatic heterocycles. The van der Waals surface area contributed by atoms with Crippen LogP contribution in [0, 0.1) is 10.1 Å². The van der Waals surface area contributed by atoms with E-state index in [9.17, 15) is 28.1 Å². The van der Waals surface area contributed by atoms with Crippen LogP contribution < -0.4 is 5.73 Å². The van der Waals surface area contributed by atoms with E-state index in [1.54, 1.807) is 0 Å². The molecule has 0 spiro atoms. The fraction of sp³-hybridized carbons (Fsp3) is 0.500. The molecule has 1 aliphatic rings. The maximum absolute atomic E-state index is 12.5. The quantitative estimate of drug-likeness (QED) is 0.342. The number of nitrogens with two attached hydrogens (primary N) is 1. The Labute approximate surface area is 166 Å². The van der Waals surface area contributed by atoms with Crippen LogP contribution in [0.3, 0.4) is 0 Å². The summed E-state index contributed by atoms with van der Waals surface area (Å²) in [6.45, 7) is -0.337. The van der Waals surface area contributed by atoms with Gasteiger partial charge in [-0.25, -0.2) is 4.79 Å². The lowest BCUT2D eigenvalue weighted by atomic mass is 10.1. The highest BCUT2D eigenvalue weighted by atomic mass is 32.2. The number of non-ortho nitro benzene ring substituents is 1. The summed E-state index contributed by atoms with van der Waals surface area (Å²) in [5, 5.41) is 10.7. The molecule has 3 atom stereocenters. The lowest BCUT2D eigenvalue weighted by Gasteiger charge is -2.27. The number of primary amides is 1. The van der Waals surface area contributed by atoms with Crippen molar-refractivity contribution in [3.05, 3.63) is 39.9 Å². The van der Waals surface area contributed by atoms with Gasteiger partial charge in [-0.2, -0.15) is 8.42 Å². The zero-order valence-corrected chi connectivity index (χ0v) is 16.5. The molecule has 1 unspecified atom stereocenters. The monoisotopic (exact) mass is 431 g/mol. The first-order valence-electron chi connectivity index (χ1n) is 8.39. The average molecular weight is 431 g/mol. The van der Waals surface area contributed by atoms with Gasteiger partial charge >= 0.3 is 6.09 Å². The number of nitro benzene ring substituents is 1. The van der Waals surface area contributed by atoms with Crippen molar-refractivity contribution in [1.29, 1.82) is 0 Å². The molecule has 0 aromatic heterocycles. The number of likely N-dealkylation sites (tertiary alicyclic amines) is 1. The molecule has 13 heteroatoms. The van der Waals surface area contributed by atoms with Gasteiger partial charge in [0, 0.05) is 25.7 Å². The zero-order valence-electron chi connectivity index (χ0n) is 15.7. The van der Waals surface area contributed by atoms with Crippen LogP contribution in [0.4, 0.5) is 10.5 Å².